The molecule has 0 amide bonds. The summed E-state index contributed by atoms with van der Waals surface area (Å²) >= 11 is 0. The molecule has 4 aromatic rings. The second kappa shape index (κ2) is 9.87. The van der Waals surface area contributed by atoms with Gasteiger partial charge in [0.25, 0.3) is 5.56 Å². The summed E-state index contributed by atoms with van der Waals surface area (Å²) < 4.78 is 5.83. The zero-order chi connectivity index (χ0) is 22.2. The number of anilines is 1. The molecule has 156 valence electrons. The molecule has 32 heavy (non-hydrogen) atoms. The first kappa shape index (κ1) is 20.6. The number of H-pyrrole nitrogens is 1. The van der Waals surface area contributed by atoms with Crippen LogP contribution in [0, 0.1) is 11.3 Å². The van der Waals surface area contributed by atoms with E-state index in [1.807, 2.05) is 78.9 Å². The van der Waals surface area contributed by atoms with E-state index in [1.165, 1.54) is 0 Å². The van der Waals surface area contributed by atoms with Gasteiger partial charge < -0.3 is 4.74 Å². The van der Waals surface area contributed by atoms with Gasteiger partial charge in [0.1, 0.15) is 24.0 Å². The first-order valence-electron chi connectivity index (χ1n) is 9.89. The number of nitriles is 1. The van der Waals surface area contributed by atoms with Gasteiger partial charge in [-0.25, -0.2) is 10.4 Å². The van der Waals surface area contributed by atoms with Gasteiger partial charge in [-0.05, 0) is 17.7 Å². The number of rotatable bonds is 7. The number of aromatic amines is 1. The predicted molar refractivity (Wildman–Crippen MR) is 123 cm³/mol. The van der Waals surface area contributed by atoms with Crippen LogP contribution in [0.25, 0.3) is 11.3 Å². The summed E-state index contributed by atoms with van der Waals surface area (Å²) in [4.78, 5) is 19.3. The van der Waals surface area contributed by atoms with Crippen molar-refractivity contribution in [1.29, 1.82) is 5.26 Å². The number of nitrogens with zero attached hydrogens (tertiary/aromatic N) is 3. The Labute approximate surface area is 184 Å². The van der Waals surface area contributed by atoms with Gasteiger partial charge in [0, 0.05) is 11.1 Å². The van der Waals surface area contributed by atoms with Gasteiger partial charge in [-0.2, -0.15) is 10.4 Å². The molecule has 7 nitrogen and oxygen atoms in total. The third-order valence-corrected chi connectivity index (χ3v) is 4.65. The lowest BCUT2D eigenvalue weighted by Crippen LogP contribution is -2.16. The van der Waals surface area contributed by atoms with Crippen LogP contribution in [0.5, 0.6) is 5.75 Å². The summed E-state index contributed by atoms with van der Waals surface area (Å²) in [6.07, 6.45) is 1.63. The van der Waals surface area contributed by atoms with Crippen molar-refractivity contribution in [2.24, 2.45) is 5.10 Å². The van der Waals surface area contributed by atoms with E-state index in [-0.39, 0.29) is 11.5 Å². The van der Waals surface area contributed by atoms with Crippen molar-refractivity contribution < 1.29 is 4.74 Å². The Morgan fingerprint density at radius 1 is 1.00 bits per heavy atom. The number of hydrogen-bond donors (Lipinski definition) is 2. The van der Waals surface area contributed by atoms with Crippen molar-refractivity contribution in [3.63, 3.8) is 0 Å². The lowest BCUT2D eigenvalue weighted by molar-refractivity contribution is 0.306. The minimum absolute atomic E-state index is 0.0471. The molecule has 0 fully saturated rings. The van der Waals surface area contributed by atoms with E-state index in [4.69, 9.17) is 4.74 Å². The lowest BCUT2D eigenvalue weighted by atomic mass is 10.1. The highest BCUT2D eigenvalue weighted by Gasteiger charge is 2.12. The maximum absolute atomic E-state index is 12.3. The topological polar surface area (TPSA) is 103 Å². The second-order valence-electron chi connectivity index (χ2n) is 6.79. The van der Waals surface area contributed by atoms with Crippen LogP contribution in [-0.4, -0.2) is 16.2 Å². The molecule has 0 aliphatic heterocycles. The zero-order valence-corrected chi connectivity index (χ0v) is 17.0. The van der Waals surface area contributed by atoms with Crippen LogP contribution in [-0.2, 0) is 6.61 Å². The van der Waals surface area contributed by atoms with Crippen LogP contribution >= 0.6 is 0 Å². The van der Waals surface area contributed by atoms with Crippen LogP contribution in [0.15, 0.2) is 94.8 Å². The molecule has 0 atom stereocenters. The van der Waals surface area contributed by atoms with E-state index in [0.717, 1.165) is 16.9 Å². The fraction of sp³-hybridized carbons (Fsp3) is 0.0400. The molecule has 0 aliphatic carbocycles. The van der Waals surface area contributed by atoms with E-state index in [0.29, 0.717) is 17.9 Å². The molecule has 2 N–H and O–H groups in total. The molecular formula is C25H19N5O2. The highest BCUT2D eigenvalue weighted by Crippen LogP contribution is 2.19. The van der Waals surface area contributed by atoms with Gasteiger partial charge in [0.2, 0.25) is 5.95 Å². The van der Waals surface area contributed by atoms with Crippen LogP contribution in [0.3, 0.4) is 0 Å². The van der Waals surface area contributed by atoms with Crippen molar-refractivity contribution in [3.05, 3.63) is 112 Å². The van der Waals surface area contributed by atoms with E-state index < -0.39 is 5.56 Å². The largest absolute Gasteiger partial charge is 0.489 e. The van der Waals surface area contributed by atoms with Gasteiger partial charge in [-0.1, -0.05) is 72.8 Å². The van der Waals surface area contributed by atoms with Gasteiger partial charge in [0.05, 0.1) is 11.9 Å². The number of hydrazone groups is 1. The predicted octanol–water partition coefficient (Wildman–Crippen LogP) is 4.33. The normalized spacial score (nSPS) is 10.6. The number of nitrogens with one attached hydrogen (secondary N) is 2. The highest BCUT2D eigenvalue weighted by molar-refractivity contribution is 5.82. The molecule has 1 heterocycles. The summed E-state index contributed by atoms with van der Waals surface area (Å²) in [5.74, 6) is 0.923. The van der Waals surface area contributed by atoms with Crippen LogP contribution in [0.2, 0.25) is 0 Å². The van der Waals surface area contributed by atoms with Crippen molar-refractivity contribution in [2.45, 2.75) is 6.61 Å². The molecule has 3 aromatic carbocycles. The molecular weight excluding hydrogens is 402 g/mol. The summed E-state index contributed by atoms with van der Waals surface area (Å²) in [7, 11) is 0. The average Bonchev–Trinajstić information content (AvgIpc) is 2.84. The first-order valence-corrected chi connectivity index (χ1v) is 9.89. The monoisotopic (exact) mass is 421 g/mol. The quantitative estimate of drug-likeness (QED) is 0.341. The summed E-state index contributed by atoms with van der Waals surface area (Å²) in [6.45, 7) is 0.385. The zero-order valence-electron chi connectivity index (χ0n) is 17.0. The maximum Gasteiger partial charge on any atom is 0.270 e. The number of aromatic nitrogens is 2. The molecule has 1 aromatic heterocycles. The third kappa shape index (κ3) is 4.89. The first-order chi connectivity index (χ1) is 15.7. The molecule has 4 rings (SSSR count). The molecule has 0 spiro atoms. The molecule has 0 saturated carbocycles. The fourth-order valence-electron chi connectivity index (χ4n) is 3.07. The molecule has 0 saturated heterocycles. The Morgan fingerprint density at radius 3 is 2.44 bits per heavy atom. The fourth-order valence-corrected chi connectivity index (χ4v) is 3.07. The van der Waals surface area contributed by atoms with Crippen molar-refractivity contribution in [2.75, 3.05) is 5.43 Å². The van der Waals surface area contributed by atoms with Gasteiger partial charge in [-0.3, -0.25) is 9.78 Å². The maximum atomic E-state index is 12.3. The number of ether oxygens (including phenoxy) is 1. The third-order valence-electron chi connectivity index (χ3n) is 4.65. The Morgan fingerprint density at radius 2 is 1.69 bits per heavy atom. The Kier molecular flexibility index (Phi) is 6.34. The summed E-state index contributed by atoms with van der Waals surface area (Å²) in [6, 6.07) is 28.3. The molecule has 0 aliphatic rings. The average molecular weight is 421 g/mol. The Hall–Kier alpha value is -4.70. The second-order valence-corrected chi connectivity index (χ2v) is 6.79. The molecule has 0 radical (unpaired) electrons. The standard InChI is InChI=1S/C25H19N5O2/c26-15-22-23(18-9-3-1-4-10-18)28-25(29-24(22)31)30-27-16-19-11-7-8-12-20(19)17-32-21-13-5-2-6-14-21/h1-14,16H,17H2,(H2,28,29,30,31). The van der Waals surface area contributed by atoms with E-state index in [9.17, 15) is 10.1 Å². The minimum Gasteiger partial charge on any atom is -0.489 e. The highest BCUT2D eigenvalue weighted by atomic mass is 16.5. The molecule has 0 unspecified atom stereocenters. The van der Waals surface area contributed by atoms with E-state index in [1.54, 1.807) is 18.3 Å². The van der Waals surface area contributed by atoms with Gasteiger partial charge in [0.15, 0.2) is 0 Å². The Bertz CT molecular complexity index is 1330. The van der Waals surface area contributed by atoms with Crippen molar-refractivity contribution >= 4 is 12.2 Å². The number of hydrogen-bond acceptors (Lipinski definition) is 6. The number of benzene rings is 3. The smallest absolute Gasteiger partial charge is 0.270 e. The van der Waals surface area contributed by atoms with Crippen LogP contribution in [0.4, 0.5) is 5.95 Å². The summed E-state index contributed by atoms with van der Waals surface area (Å²) in [5, 5.41) is 13.6. The molecule has 0 bridgehead atoms. The van der Waals surface area contributed by atoms with Crippen LogP contribution < -0.4 is 15.7 Å². The van der Waals surface area contributed by atoms with Crippen LogP contribution in [0.1, 0.15) is 16.7 Å². The lowest BCUT2D eigenvalue weighted by Gasteiger charge is -2.09. The van der Waals surface area contributed by atoms with Crippen molar-refractivity contribution in [1.82, 2.24) is 9.97 Å². The van der Waals surface area contributed by atoms with E-state index >= 15 is 0 Å². The molecule has 7 heteroatoms. The van der Waals surface area contributed by atoms with Crippen molar-refractivity contribution in [3.8, 4) is 23.1 Å². The van der Waals surface area contributed by atoms with Gasteiger partial charge in [-0.15, -0.1) is 0 Å². The SMILES string of the molecule is N#Cc1c(-c2ccccc2)nc(NN=Cc2ccccc2COc2ccccc2)[nH]c1=O. The van der Waals surface area contributed by atoms with Gasteiger partial charge >= 0.3 is 0 Å². The Balaban J connectivity index is 1.53. The summed E-state index contributed by atoms with van der Waals surface area (Å²) in [5.41, 5.74) is 4.95. The van der Waals surface area contributed by atoms with E-state index in [2.05, 4.69) is 20.5 Å². The minimum atomic E-state index is -0.532. The number of para-hydroxylation sites is 1.